The highest BCUT2D eigenvalue weighted by molar-refractivity contribution is 7.89. The molecule has 0 aromatic heterocycles. The summed E-state index contributed by atoms with van der Waals surface area (Å²) in [6.07, 6.45) is 6.18. The van der Waals surface area contributed by atoms with Crippen molar-refractivity contribution in [2.24, 2.45) is 5.92 Å². The average molecular weight is 437 g/mol. The summed E-state index contributed by atoms with van der Waals surface area (Å²) in [5.74, 6) is 2.08. The van der Waals surface area contributed by atoms with Crippen molar-refractivity contribution in [3.63, 3.8) is 0 Å². The molecule has 1 amide bonds. The van der Waals surface area contributed by atoms with Gasteiger partial charge in [-0.15, -0.1) is 6.42 Å². The lowest BCUT2D eigenvalue weighted by atomic mass is 9.97. The highest BCUT2D eigenvalue weighted by Crippen LogP contribution is 2.33. The molecule has 5 nitrogen and oxygen atoms in total. The maximum Gasteiger partial charge on any atom is 0.246 e. The molecule has 0 spiro atoms. The van der Waals surface area contributed by atoms with Crippen molar-refractivity contribution in [2.45, 2.75) is 17.7 Å². The van der Waals surface area contributed by atoms with Crippen molar-refractivity contribution in [2.75, 3.05) is 18.4 Å². The molecule has 0 unspecified atom stereocenters. The van der Waals surface area contributed by atoms with Gasteiger partial charge in [0.2, 0.25) is 15.9 Å². The molecule has 8 heteroatoms. The molecule has 3 rings (SSSR count). The Kier molecular flexibility index (Phi) is 6.31. The van der Waals surface area contributed by atoms with E-state index in [0.29, 0.717) is 24.1 Å². The summed E-state index contributed by atoms with van der Waals surface area (Å²) >= 11 is 12.1. The Morgan fingerprint density at radius 3 is 2.32 bits per heavy atom. The van der Waals surface area contributed by atoms with E-state index < -0.39 is 10.0 Å². The van der Waals surface area contributed by atoms with E-state index in [-0.39, 0.29) is 39.9 Å². The van der Waals surface area contributed by atoms with E-state index in [9.17, 15) is 13.2 Å². The molecule has 1 aliphatic rings. The molecule has 0 bridgehead atoms. The minimum Gasteiger partial charge on any atom is -0.326 e. The van der Waals surface area contributed by atoms with Crippen molar-refractivity contribution in [1.82, 2.24) is 4.31 Å². The summed E-state index contributed by atoms with van der Waals surface area (Å²) in [6, 6.07) is 11.6. The van der Waals surface area contributed by atoms with Crippen molar-refractivity contribution >= 4 is 44.8 Å². The summed E-state index contributed by atoms with van der Waals surface area (Å²) < 4.78 is 27.1. The maximum atomic E-state index is 12.9. The monoisotopic (exact) mass is 436 g/mol. The van der Waals surface area contributed by atoms with Gasteiger partial charge in [0.25, 0.3) is 0 Å². The lowest BCUT2D eigenvalue weighted by Gasteiger charge is -2.31. The number of carbonyl (C=O) groups excluding carboxylic acids is 1. The number of carbonyl (C=O) groups is 1. The fourth-order valence-corrected chi connectivity index (χ4v) is 5.71. The van der Waals surface area contributed by atoms with Gasteiger partial charge < -0.3 is 5.32 Å². The standard InChI is InChI=1S/C20H18Cl2N2O3S/c1-2-14-5-3-6-16(13-14)23-20(25)15-9-11-24(12-10-15)28(26,27)19-17(21)7-4-8-18(19)22/h1,3-8,13,15H,9-12H2,(H,23,25). The van der Waals surface area contributed by atoms with Crippen molar-refractivity contribution in [3.05, 3.63) is 58.1 Å². The summed E-state index contributed by atoms with van der Waals surface area (Å²) in [4.78, 5) is 12.4. The van der Waals surface area contributed by atoms with Gasteiger partial charge in [0, 0.05) is 30.3 Å². The molecule has 0 atom stereocenters. The minimum atomic E-state index is -3.82. The number of halogens is 2. The topological polar surface area (TPSA) is 66.5 Å². The van der Waals surface area contributed by atoms with Gasteiger partial charge in [-0.3, -0.25) is 4.79 Å². The molecule has 1 heterocycles. The lowest BCUT2D eigenvalue weighted by molar-refractivity contribution is -0.120. The van der Waals surface area contributed by atoms with Gasteiger partial charge in [-0.2, -0.15) is 4.31 Å². The molecule has 1 saturated heterocycles. The van der Waals surface area contributed by atoms with Crippen molar-refractivity contribution < 1.29 is 13.2 Å². The van der Waals surface area contributed by atoms with Gasteiger partial charge in [-0.25, -0.2) is 8.42 Å². The van der Waals surface area contributed by atoms with Gasteiger partial charge in [0.05, 0.1) is 10.0 Å². The number of nitrogens with one attached hydrogen (secondary N) is 1. The third-order valence-corrected chi connectivity index (χ3v) is 7.49. The molecule has 28 heavy (non-hydrogen) atoms. The van der Waals surface area contributed by atoms with Crippen LogP contribution in [-0.4, -0.2) is 31.7 Å². The first-order valence-electron chi connectivity index (χ1n) is 8.64. The van der Waals surface area contributed by atoms with E-state index in [1.54, 1.807) is 30.3 Å². The zero-order valence-corrected chi connectivity index (χ0v) is 17.2. The lowest BCUT2D eigenvalue weighted by Crippen LogP contribution is -2.41. The molecule has 146 valence electrons. The van der Waals surface area contributed by atoms with E-state index >= 15 is 0 Å². The molecular formula is C20H18Cl2N2O3S. The molecule has 2 aromatic carbocycles. The van der Waals surface area contributed by atoms with Crippen LogP contribution in [0.3, 0.4) is 0 Å². The van der Waals surface area contributed by atoms with E-state index in [4.69, 9.17) is 29.6 Å². The van der Waals surface area contributed by atoms with Crippen LogP contribution in [0, 0.1) is 18.3 Å². The quantitative estimate of drug-likeness (QED) is 0.735. The normalized spacial score (nSPS) is 15.8. The third kappa shape index (κ3) is 4.34. The predicted octanol–water partition coefficient (Wildman–Crippen LogP) is 4.01. The Bertz CT molecular complexity index is 1020. The molecular weight excluding hydrogens is 419 g/mol. The smallest absolute Gasteiger partial charge is 0.246 e. The first-order chi connectivity index (χ1) is 13.3. The van der Waals surface area contributed by atoms with Crippen molar-refractivity contribution in [3.8, 4) is 12.3 Å². The number of benzene rings is 2. The second kappa shape index (κ2) is 8.54. The van der Waals surface area contributed by atoms with E-state index in [0.717, 1.165) is 0 Å². The van der Waals surface area contributed by atoms with Crippen LogP contribution in [0.25, 0.3) is 0 Å². The van der Waals surface area contributed by atoms with Crippen LogP contribution in [0.5, 0.6) is 0 Å². The van der Waals surface area contributed by atoms with E-state index in [1.165, 1.54) is 16.4 Å². The Hall–Kier alpha value is -2.04. The fraction of sp³-hybridized carbons (Fsp3) is 0.250. The molecule has 1 fully saturated rings. The summed E-state index contributed by atoms with van der Waals surface area (Å²) in [5.41, 5.74) is 1.30. The number of hydrogen-bond donors (Lipinski definition) is 1. The van der Waals surface area contributed by atoms with Crippen LogP contribution < -0.4 is 5.32 Å². The van der Waals surface area contributed by atoms with Gasteiger partial charge in [0.15, 0.2) is 0 Å². The largest absolute Gasteiger partial charge is 0.326 e. The summed E-state index contributed by atoms with van der Waals surface area (Å²) in [6.45, 7) is 0.429. The van der Waals surface area contributed by atoms with Gasteiger partial charge in [0.1, 0.15) is 4.90 Å². The Morgan fingerprint density at radius 1 is 1.11 bits per heavy atom. The molecule has 0 radical (unpaired) electrons. The van der Waals surface area contributed by atoms with Gasteiger partial charge >= 0.3 is 0 Å². The van der Waals surface area contributed by atoms with Crippen LogP contribution >= 0.6 is 23.2 Å². The molecule has 0 saturated carbocycles. The zero-order chi connectivity index (χ0) is 20.3. The van der Waals surface area contributed by atoms with Crippen molar-refractivity contribution in [1.29, 1.82) is 0 Å². The molecule has 0 aliphatic carbocycles. The predicted molar refractivity (Wildman–Crippen MR) is 111 cm³/mol. The molecule has 1 aliphatic heterocycles. The first kappa shape index (κ1) is 20.7. The summed E-state index contributed by atoms with van der Waals surface area (Å²) in [7, 11) is -3.82. The second-order valence-electron chi connectivity index (χ2n) is 6.44. The number of rotatable bonds is 4. The van der Waals surface area contributed by atoms with Crippen LogP contribution in [-0.2, 0) is 14.8 Å². The fourth-order valence-electron chi connectivity index (χ4n) is 3.15. The number of amides is 1. The van der Waals surface area contributed by atoms with E-state index in [2.05, 4.69) is 11.2 Å². The number of piperidine rings is 1. The average Bonchev–Trinajstić information content (AvgIpc) is 2.68. The Labute approximate surface area is 174 Å². The number of sulfonamides is 1. The van der Waals surface area contributed by atoms with Crippen LogP contribution in [0.1, 0.15) is 18.4 Å². The SMILES string of the molecule is C#Cc1cccc(NC(=O)C2CCN(S(=O)(=O)c3c(Cl)cccc3Cl)CC2)c1. The highest BCUT2D eigenvalue weighted by atomic mass is 35.5. The Morgan fingerprint density at radius 2 is 1.71 bits per heavy atom. The number of terminal acetylenes is 1. The number of anilines is 1. The van der Waals surface area contributed by atoms with E-state index in [1.807, 2.05) is 0 Å². The first-order valence-corrected chi connectivity index (χ1v) is 10.8. The van der Waals surface area contributed by atoms with Gasteiger partial charge in [-0.05, 0) is 43.2 Å². The third-order valence-electron chi connectivity index (χ3n) is 4.64. The Balaban J connectivity index is 1.67. The van der Waals surface area contributed by atoms with Gasteiger partial charge in [-0.1, -0.05) is 41.3 Å². The maximum absolute atomic E-state index is 12.9. The molecule has 2 aromatic rings. The zero-order valence-electron chi connectivity index (χ0n) is 14.9. The van der Waals surface area contributed by atoms with Crippen LogP contribution in [0.2, 0.25) is 10.0 Å². The minimum absolute atomic E-state index is 0.0840. The second-order valence-corrected chi connectivity index (χ2v) is 9.13. The highest BCUT2D eigenvalue weighted by Gasteiger charge is 2.34. The van der Waals surface area contributed by atoms with Crippen LogP contribution in [0.4, 0.5) is 5.69 Å². The van der Waals surface area contributed by atoms with Crippen LogP contribution in [0.15, 0.2) is 47.4 Å². The number of nitrogens with zero attached hydrogens (tertiary/aromatic N) is 1. The number of hydrogen-bond acceptors (Lipinski definition) is 3. The summed E-state index contributed by atoms with van der Waals surface area (Å²) in [5, 5.41) is 3.01. The molecule has 1 N–H and O–H groups in total.